The van der Waals surface area contributed by atoms with Crippen LogP contribution in [0.3, 0.4) is 0 Å². The summed E-state index contributed by atoms with van der Waals surface area (Å²) in [7, 11) is 4.74. The van der Waals surface area contributed by atoms with Crippen LogP contribution in [-0.2, 0) is 11.2 Å². The van der Waals surface area contributed by atoms with Crippen molar-refractivity contribution in [2.45, 2.75) is 32.8 Å². The zero-order chi connectivity index (χ0) is 22.8. The van der Waals surface area contributed by atoms with Crippen molar-refractivity contribution >= 4 is 22.6 Å². The summed E-state index contributed by atoms with van der Waals surface area (Å²) in [5.74, 6) is 1.00. The molecule has 8 nitrogen and oxygen atoms in total. The van der Waals surface area contributed by atoms with Crippen molar-refractivity contribution in [1.82, 2.24) is 10.2 Å². The van der Waals surface area contributed by atoms with E-state index in [2.05, 4.69) is 10.2 Å². The van der Waals surface area contributed by atoms with Gasteiger partial charge in [0.05, 0.1) is 25.3 Å². The average Bonchev–Trinajstić information content (AvgIpc) is 2.73. The normalized spacial score (nSPS) is 11.3. The number of H-pyrrole nitrogens is 1. The van der Waals surface area contributed by atoms with Gasteiger partial charge in [0.1, 0.15) is 5.60 Å². The van der Waals surface area contributed by atoms with Crippen LogP contribution < -0.4 is 19.9 Å². The highest BCUT2D eigenvalue weighted by Gasteiger charge is 2.20. The molecule has 0 atom stereocenters. The van der Waals surface area contributed by atoms with Crippen molar-refractivity contribution < 1.29 is 19.0 Å². The number of hydrogen-bond acceptors (Lipinski definition) is 6. The van der Waals surface area contributed by atoms with Gasteiger partial charge in [0.25, 0.3) is 5.56 Å². The second kappa shape index (κ2) is 8.67. The number of methoxy groups -OCH3 is 2. The predicted octanol–water partition coefficient (Wildman–Crippen LogP) is 3.90. The summed E-state index contributed by atoms with van der Waals surface area (Å²) in [5, 5.41) is 7.95. The number of anilines is 1. The number of carbonyl (C=O) groups is 1. The molecule has 3 rings (SSSR count). The number of aromatic nitrogens is 2. The summed E-state index contributed by atoms with van der Waals surface area (Å²) in [5.41, 5.74) is 1.52. The molecular weight excluding hydrogens is 398 g/mol. The first-order chi connectivity index (χ1) is 14.6. The van der Waals surface area contributed by atoms with Crippen LogP contribution in [0.2, 0.25) is 0 Å². The van der Waals surface area contributed by atoms with Gasteiger partial charge in [-0.25, -0.2) is 9.89 Å². The Morgan fingerprint density at radius 3 is 2.16 bits per heavy atom. The molecule has 0 aliphatic rings. The summed E-state index contributed by atoms with van der Waals surface area (Å²) in [4.78, 5) is 26.0. The first-order valence-electron chi connectivity index (χ1n) is 9.82. The number of benzene rings is 2. The van der Waals surface area contributed by atoms with Crippen LogP contribution in [-0.4, -0.2) is 43.2 Å². The van der Waals surface area contributed by atoms with Crippen molar-refractivity contribution in [1.29, 1.82) is 0 Å². The lowest BCUT2D eigenvalue weighted by Crippen LogP contribution is -2.34. The quantitative estimate of drug-likeness (QED) is 0.666. The van der Waals surface area contributed by atoms with E-state index in [1.807, 2.05) is 45.0 Å². The van der Waals surface area contributed by atoms with Crippen molar-refractivity contribution in [2.24, 2.45) is 0 Å². The van der Waals surface area contributed by atoms with Gasteiger partial charge >= 0.3 is 6.09 Å². The molecule has 0 saturated carbocycles. The number of hydrogen-bond donors (Lipinski definition) is 1. The zero-order valence-electron chi connectivity index (χ0n) is 18.6. The number of ether oxygens (including phenoxy) is 3. The molecule has 1 heterocycles. The van der Waals surface area contributed by atoms with Gasteiger partial charge in [-0.2, -0.15) is 5.10 Å². The largest absolute Gasteiger partial charge is 0.493 e. The number of nitrogens with zero attached hydrogens (tertiary/aromatic N) is 2. The van der Waals surface area contributed by atoms with Gasteiger partial charge < -0.3 is 14.2 Å². The molecule has 0 fully saturated rings. The zero-order valence-corrected chi connectivity index (χ0v) is 18.6. The maximum absolute atomic E-state index is 12.3. The highest BCUT2D eigenvalue weighted by molar-refractivity contribution is 5.88. The average molecular weight is 425 g/mol. The molecule has 0 aliphatic carbocycles. The Kier molecular flexibility index (Phi) is 6.19. The van der Waals surface area contributed by atoms with E-state index in [4.69, 9.17) is 14.2 Å². The Bertz CT molecular complexity index is 1150. The van der Waals surface area contributed by atoms with Gasteiger partial charge in [0.2, 0.25) is 0 Å². The lowest BCUT2D eigenvalue weighted by Gasteiger charge is -2.24. The van der Waals surface area contributed by atoms with Crippen LogP contribution in [0.15, 0.2) is 41.2 Å². The molecule has 3 aromatic rings. The Morgan fingerprint density at radius 1 is 1.03 bits per heavy atom. The number of carbonyl (C=O) groups excluding carboxylic acids is 1. The lowest BCUT2D eigenvalue weighted by molar-refractivity contribution is 0.0589. The van der Waals surface area contributed by atoms with Gasteiger partial charge in [-0.05, 0) is 50.6 Å². The summed E-state index contributed by atoms with van der Waals surface area (Å²) in [6.07, 6.45) is 0.0636. The summed E-state index contributed by atoms with van der Waals surface area (Å²) < 4.78 is 16.1. The van der Waals surface area contributed by atoms with E-state index in [0.29, 0.717) is 40.1 Å². The maximum atomic E-state index is 12.3. The molecule has 0 bridgehead atoms. The number of nitrogens with one attached hydrogen (secondary N) is 1. The van der Waals surface area contributed by atoms with Gasteiger partial charge in [0.15, 0.2) is 11.5 Å². The molecule has 0 radical (unpaired) electrons. The molecule has 0 spiro atoms. The molecule has 8 heteroatoms. The minimum atomic E-state index is -0.564. The molecule has 1 aromatic heterocycles. The molecule has 2 aromatic carbocycles. The number of fused-ring (bicyclic) bond motifs is 1. The number of rotatable bonds is 5. The van der Waals surface area contributed by atoms with E-state index in [1.54, 1.807) is 26.3 Å². The minimum absolute atomic E-state index is 0.297. The molecular formula is C23H27N3O5. The highest BCUT2D eigenvalue weighted by atomic mass is 16.6. The van der Waals surface area contributed by atoms with Crippen LogP contribution >= 0.6 is 0 Å². The van der Waals surface area contributed by atoms with E-state index >= 15 is 0 Å². The molecule has 164 valence electrons. The standard InChI is InChI=1S/C23H27N3O5/c1-23(2,3)31-22(28)26(4)15-9-7-14(8-10-15)11-18-16-12-19(29-5)20(30-6)13-17(16)21(27)25-24-18/h7-10,12-13H,11H2,1-6H3,(H,25,27). The summed E-state index contributed by atoms with van der Waals surface area (Å²) in [6.45, 7) is 5.48. The van der Waals surface area contributed by atoms with Crippen LogP contribution in [0, 0.1) is 0 Å². The second-order valence-corrected chi connectivity index (χ2v) is 8.13. The van der Waals surface area contributed by atoms with Crippen LogP contribution in [0.4, 0.5) is 10.5 Å². The Hall–Kier alpha value is -3.55. The SMILES string of the molecule is COc1cc2c(Cc3ccc(N(C)C(=O)OC(C)(C)C)cc3)n[nH]c(=O)c2cc1OC. The Balaban J connectivity index is 1.88. The first-order valence-corrected chi connectivity index (χ1v) is 9.82. The number of amides is 1. The van der Waals surface area contributed by atoms with Crippen LogP contribution in [0.5, 0.6) is 11.5 Å². The van der Waals surface area contributed by atoms with Gasteiger partial charge in [0, 0.05) is 24.5 Å². The third-order valence-electron chi connectivity index (χ3n) is 4.73. The second-order valence-electron chi connectivity index (χ2n) is 8.13. The molecule has 1 N–H and O–H groups in total. The topological polar surface area (TPSA) is 93.7 Å². The number of aromatic amines is 1. The fourth-order valence-corrected chi connectivity index (χ4v) is 3.15. The van der Waals surface area contributed by atoms with Crippen molar-refractivity contribution in [3.63, 3.8) is 0 Å². The van der Waals surface area contributed by atoms with Crippen molar-refractivity contribution in [3.8, 4) is 11.5 Å². The monoisotopic (exact) mass is 425 g/mol. The van der Waals surface area contributed by atoms with E-state index < -0.39 is 11.7 Å². The maximum Gasteiger partial charge on any atom is 0.414 e. The Labute approximate surface area is 180 Å². The first kappa shape index (κ1) is 22.1. The van der Waals surface area contributed by atoms with Crippen LogP contribution in [0.1, 0.15) is 32.0 Å². The molecule has 0 unspecified atom stereocenters. The summed E-state index contributed by atoms with van der Waals surface area (Å²) in [6, 6.07) is 10.9. The molecule has 0 aliphatic heterocycles. The summed E-state index contributed by atoms with van der Waals surface area (Å²) >= 11 is 0. The molecule has 1 amide bonds. The lowest BCUT2D eigenvalue weighted by atomic mass is 10.0. The van der Waals surface area contributed by atoms with E-state index in [9.17, 15) is 9.59 Å². The van der Waals surface area contributed by atoms with Crippen molar-refractivity contribution in [3.05, 3.63) is 58.0 Å². The fraction of sp³-hybridized carbons (Fsp3) is 0.348. The highest BCUT2D eigenvalue weighted by Crippen LogP contribution is 2.32. The predicted molar refractivity (Wildman–Crippen MR) is 119 cm³/mol. The van der Waals surface area contributed by atoms with E-state index in [-0.39, 0.29) is 5.56 Å². The third-order valence-corrected chi connectivity index (χ3v) is 4.73. The van der Waals surface area contributed by atoms with Crippen molar-refractivity contribution in [2.75, 3.05) is 26.2 Å². The molecule has 31 heavy (non-hydrogen) atoms. The Morgan fingerprint density at radius 2 is 1.61 bits per heavy atom. The smallest absolute Gasteiger partial charge is 0.414 e. The van der Waals surface area contributed by atoms with Crippen LogP contribution in [0.25, 0.3) is 10.8 Å². The van der Waals surface area contributed by atoms with Gasteiger partial charge in [-0.3, -0.25) is 9.69 Å². The van der Waals surface area contributed by atoms with Gasteiger partial charge in [-0.1, -0.05) is 12.1 Å². The van der Waals surface area contributed by atoms with E-state index in [0.717, 1.165) is 5.56 Å². The minimum Gasteiger partial charge on any atom is -0.493 e. The third kappa shape index (κ3) is 4.96. The van der Waals surface area contributed by atoms with E-state index in [1.165, 1.54) is 12.0 Å². The molecule has 0 saturated heterocycles. The fourth-order valence-electron chi connectivity index (χ4n) is 3.15. The van der Waals surface area contributed by atoms with Gasteiger partial charge in [-0.15, -0.1) is 0 Å².